The molecule has 0 radical (unpaired) electrons. The molecule has 1 aliphatic heterocycles. The van der Waals surface area contributed by atoms with Crippen molar-refractivity contribution in [1.29, 1.82) is 0 Å². The van der Waals surface area contributed by atoms with E-state index in [0.717, 1.165) is 11.1 Å². The molecule has 48 heavy (non-hydrogen) atoms. The van der Waals surface area contributed by atoms with E-state index in [1.54, 1.807) is 43.5 Å². The molecule has 0 bridgehead atoms. The fourth-order valence-corrected chi connectivity index (χ4v) is 5.77. The number of hydrogen-bond donors (Lipinski definition) is 3. The molecule has 248 valence electrons. The second-order valence-electron chi connectivity index (χ2n) is 10.6. The number of nitrogens with one attached hydrogen (secondary N) is 3. The second-order valence-corrected chi connectivity index (χ2v) is 11.3. The van der Waals surface area contributed by atoms with Crippen LogP contribution in [0.25, 0.3) is 0 Å². The van der Waals surface area contributed by atoms with Gasteiger partial charge in [0.05, 0.1) is 33.0 Å². The van der Waals surface area contributed by atoms with Crippen LogP contribution in [0.3, 0.4) is 0 Å². The van der Waals surface area contributed by atoms with Crippen molar-refractivity contribution in [3.05, 3.63) is 100 Å². The Morgan fingerprint density at radius 1 is 1.02 bits per heavy atom. The van der Waals surface area contributed by atoms with Gasteiger partial charge in [0.15, 0.2) is 0 Å². The van der Waals surface area contributed by atoms with Gasteiger partial charge in [-0.05, 0) is 35.4 Å². The predicted octanol–water partition coefficient (Wildman–Crippen LogP) is 7.03. The Kier molecular flexibility index (Phi) is 10.7. The molecule has 0 unspecified atom stereocenters. The van der Waals surface area contributed by atoms with Crippen molar-refractivity contribution in [3.63, 3.8) is 0 Å². The van der Waals surface area contributed by atoms with Crippen LogP contribution in [-0.2, 0) is 29.2 Å². The number of urea groups is 1. The van der Waals surface area contributed by atoms with Crippen molar-refractivity contribution in [2.45, 2.75) is 33.0 Å². The molecule has 5 rings (SSSR count). The monoisotopic (exact) mass is 689 g/mol. The van der Waals surface area contributed by atoms with Gasteiger partial charge < -0.3 is 25.4 Å². The number of carbonyl (C=O) groups excluding carboxylic acids is 3. The Morgan fingerprint density at radius 3 is 2.44 bits per heavy atom. The first kappa shape index (κ1) is 34.0. The normalized spacial score (nSPS) is 12.2. The predicted molar refractivity (Wildman–Crippen MR) is 187 cm³/mol. The highest BCUT2D eigenvalue weighted by molar-refractivity contribution is 6.42. The maximum Gasteiger partial charge on any atom is 0.330 e. The Labute approximate surface area is 287 Å². The van der Waals surface area contributed by atoms with E-state index in [2.05, 4.69) is 27.5 Å². The molecule has 3 aromatic carbocycles. The Morgan fingerprint density at radius 2 is 1.75 bits per heavy atom. The quantitative estimate of drug-likeness (QED) is 0.135. The molecule has 0 fully saturated rings. The van der Waals surface area contributed by atoms with Crippen LogP contribution in [0.15, 0.2) is 73.4 Å². The number of fused-ring (bicyclic) bond motifs is 1. The van der Waals surface area contributed by atoms with E-state index >= 15 is 0 Å². The highest BCUT2D eigenvalue weighted by Gasteiger charge is 2.37. The molecular weight excluding hydrogens is 657 g/mol. The number of benzene rings is 3. The first-order valence-corrected chi connectivity index (χ1v) is 15.6. The van der Waals surface area contributed by atoms with Gasteiger partial charge in [-0.15, -0.1) is 0 Å². The van der Waals surface area contributed by atoms with E-state index in [-0.39, 0.29) is 64.6 Å². The minimum absolute atomic E-state index is 0.0454. The third kappa shape index (κ3) is 7.29. The number of carbonyl (C=O) groups is 3. The molecular formula is C34H33Cl2N7O5. The van der Waals surface area contributed by atoms with Crippen LogP contribution in [-0.4, -0.2) is 42.0 Å². The van der Waals surface area contributed by atoms with E-state index in [0.29, 0.717) is 29.2 Å². The van der Waals surface area contributed by atoms with Crippen molar-refractivity contribution in [2.24, 2.45) is 0 Å². The standard InChI is InChI=1S/C34H33Cl2N7O5/c1-5-27(44)39-23-12-9-10-20(14-23)18-43-32-22(19-42(34(43)46)31-29(35)25(47-3)15-26(48-4)30(31)36)17-38-33(41-32)37-16-21-11-7-8-13-24(21)40-28(45)6-2/h6-15,17H,2,5,16,18-19H2,1,3-4H3,(H,39,44)(H,40,45)(H,37,38,41). The van der Waals surface area contributed by atoms with Gasteiger partial charge in [-0.2, -0.15) is 4.98 Å². The van der Waals surface area contributed by atoms with Crippen molar-refractivity contribution >= 4 is 69.9 Å². The van der Waals surface area contributed by atoms with Crippen molar-refractivity contribution < 1.29 is 23.9 Å². The van der Waals surface area contributed by atoms with Gasteiger partial charge >= 0.3 is 6.03 Å². The number of ether oxygens (including phenoxy) is 2. The molecule has 0 atom stereocenters. The fourth-order valence-electron chi connectivity index (χ4n) is 5.06. The molecule has 2 heterocycles. The van der Waals surface area contributed by atoms with Gasteiger partial charge in [0.25, 0.3) is 0 Å². The van der Waals surface area contributed by atoms with Gasteiger partial charge in [0.2, 0.25) is 17.8 Å². The molecule has 1 aliphatic rings. The van der Waals surface area contributed by atoms with E-state index in [9.17, 15) is 14.4 Å². The van der Waals surface area contributed by atoms with Gasteiger partial charge in [-0.25, -0.2) is 9.78 Å². The summed E-state index contributed by atoms with van der Waals surface area (Å²) in [4.78, 5) is 50.7. The Balaban J connectivity index is 1.54. The number of halogens is 2. The average molecular weight is 691 g/mol. The lowest BCUT2D eigenvalue weighted by molar-refractivity contribution is -0.116. The van der Waals surface area contributed by atoms with E-state index in [1.807, 2.05) is 24.3 Å². The number of methoxy groups -OCH3 is 2. The lowest BCUT2D eigenvalue weighted by atomic mass is 10.1. The number of hydrogen-bond acceptors (Lipinski definition) is 8. The maximum absolute atomic E-state index is 14.4. The third-order valence-electron chi connectivity index (χ3n) is 7.48. The summed E-state index contributed by atoms with van der Waals surface area (Å²) in [6, 6.07) is 15.6. The van der Waals surface area contributed by atoms with Crippen molar-refractivity contribution in [3.8, 4) is 11.5 Å². The second kappa shape index (κ2) is 15.1. The number of aromatic nitrogens is 2. The van der Waals surface area contributed by atoms with Crippen LogP contribution in [0, 0.1) is 0 Å². The van der Waals surface area contributed by atoms with E-state index in [4.69, 9.17) is 37.7 Å². The smallest absolute Gasteiger partial charge is 0.330 e. The lowest BCUT2D eigenvalue weighted by Crippen LogP contribution is -2.48. The largest absolute Gasteiger partial charge is 0.495 e. The summed E-state index contributed by atoms with van der Waals surface area (Å²) in [5.41, 5.74) is 3.54. The van der Waals surface area contributed by atoms with Gasteiger partial charge in [-0.3, -0.25) is 19.4 Å². The van der Waals surface area contributed by atoms with Gasteiger partial charge in [-0.1, -0.05) is 67.0 Å². The van der Waals surface area contributed by atoms with E-state index in [1.165, 1.54) is 30.1 Å². The number of amides is 4. The maximum atomic E-state index is 14.4. The van der Waals surface area contributed by atoms with Crippen LogP contribution in [0.5, 0.6) is 11.5 Å². The highest BCUT2D eigenvalue weighted by Crippen LogP contribution is 2.48. The zero-order chi connectivity index (χ0) is 34.4. The minimum atomic E-state index is -0.466. The van der Waals surface area contributed by atoms with Gasteiger partial charge in [0, 0.05) is 42.2 Å². The molecule has 0 saturated carbocycles. The Hall–Kier alpha value is -5.33. The highest BCUT2D eigenvalue weighted by atomic mass is 35.5. The fraction of sp³-hybridized carbons (Fsp3) is 0.206. The molecule has 12 nitrogen and oxygen atoms in total. The third-order valence-corrected chi connectivity index (χ3v) is 8.21. The van der Waals surface area contributed by atoms with Crippen LogP contribution in [0.2, 0.25) is 10.0 Å². The molecule has 14 heteroatoms. The molecule has 4 amide bonds. The van der Waals surface area contributed by atoms with Crippen LogP contribution in [0.4, 0.5) is 33.6 Å². The summed E-state index contributed by atoms with van der Waals surface area (Å²) in [6.45, 7) is 5.68. The summed E-state index contributed by atoms with van der Waals surface area (Å²) >= 11 is 13.5. The number of para-hydroxylation sites is 1. The number of nitrogens with zero attached hydrogens (tertiary/aromatic N) is 4. The topological polar surface area (TPSA) is 138 Å². The lowest BCUT2D eigenvalue weighted by Gasteiger charge is -2.37. The van der Waals surface area contributed by atoms with Gasteiger partial charge in [0.1, 0.15) is 27.4 Å². The van der Waals surface area contributed by atoms with E-state index < -0.39 is 6.03 Å². The van der Waals surface area contributed by atoms with Crippen molar-refractivity contribution in [2.75, 3.05) is 40.0 Å². The number of rotatable bonds is 12. The number of anilines is 5. The molecule has 0 saturated heterocycles. The van der Waals surface area contributed by atoms with Crippen LogP contribution in [0.1, 0.15) is 30.0 Å². The molecule has 3 N–H and O–H groups in total. The molecule has 0 aliphatic carbocycles. The van der Waals surface area contributed by atoms with Crippen LogP contribution < -0.4 is 35.2 Å². The summed E-state index contributed by atoms with van der Waals surface area (Å²) in [5, 5.41) is 9.10. The zero-order valence-electron chi connectivity index (χ0n) is 26.5. The summed E-state index contributed by atoms with van der Waals surface area (Å²) in [5.74, 6) is 0.706. The first-order valence-electron chi connectivity index (χ1n) is 14.9. The van der Waals surface area contributed by atoms with Crippen LogP contribution >= 0.6 is 23.2 Å². The molecule has 4 aromatic rings. The Bertz CT molecular complexity index is 1860. The zero-order valence-corrected chi connectivity index (χ0v) is 28.0. The summed E-state index contributed by atoms with van der Waals surface area (Å²) in [7, 11) is 2.91. The summed E-state index contributed by atoms with van der Waals surface area (Å²) < 4.78 is 10.9. The SMILES string of the molecule is C=CC(=O)Nc1ccccc1CNc1ncc2c(n1)N(Cc1cccc(NC(=O)CC)c1)C(=O)N(c1c(Cl)c(OC)cc(OC)c1Cl)C2. The molecule has 0 spiro atoms. The summed E-state index contributed by atoms with van der Waals surface area (Å²) in [6.07, 6.45) is 3.14. The minimum Gasteiger partial charge on any atom is -0.495 e. The average Bonchev–Trinajstić information content (AvgIpc) is 3.09. The van der Waals surface area contributed by atoms with Crippen molar-refractivity contribution in [1.82, 2.24) is 9.97 Å². The molecule has 1 aromatic heterocycles. The first-order chi connectivity index (χ1) is 23.2.